The van der Waals surface area contributed by atoms with Gasteiger partial charge in [0.15, 0.2) is 17.3 Å². The number of Topliss-reactive ketones (excluding diaryl/α,β-unsaturated/α-hetero) is 1. The average Bonchev–Trinajstić information content (AvgIpc) is 2.57. The number of hydrogen-bond acceptors (Lipinski definition) is 4. The maximum absolute atomic E-state index is 12.7. The summed E-state index contributed by atoms with van der Waals surface area (Å²) in [4.78, 5) is 12.7. The molecule has 0 saturated carbocycles. The summed E-state index contributed by atoms with van der Waals surface area (Å²) >= 11 is 0. The Bertz CT molecular complexity index is 679. The van der Waals surface area contributed by atoms with E-state index in [9.17, 15) is 4.79 Å². The zero-order valence-electron chi connectivity index (χ0n) is 12.7. The van der Waals surface area contributed by atoms with Crippen LogP contribution < -0.4 is 14.2 Å². The van der Waals surface area contributed by atoms with Crippen LogP contribution in [0.15, 0.2) is 42.5 Å². The molecule has 0 bridgehead atoms. The van der Waals surface area contributed by atoms with Gasteiger partial charge in [-0.15, -0.1) is 0 Å². The summed E-state index contributed by atoms with van der Waals surface area (Å²) in [6.45, 7) is 0.385. The fourth-order valence-electron chi connectivity index (χ4n) is 2.71. The molecule has 3 rings (SSSR count). The van der Waals surface area contributed by atoms with Gasteiger partial charge in [-0.25, -0.2) is 0 Å². The van der Waals surface area contributed by atoms with Gasteiger partial charge in [0.05, 0.1) is 32.3 Å². The topological polar surface area (TPSA) is 44.8 Å². The first-order chi connectivity index (χ1) is 10.7. The maximum atomic E-state index is 12.7. The molecule has 0 aliphatic carbocycles. The number of fused-ring (bicyclic) bond motifs is 1. The van der Waals surface area contributed by atoms with Crippen LogP contribution in [0.4, 0.5) is 0 Å². The third kappa shape index (κ3) is 2.64. The second kappa shape index (κ2) is 6.10. The van der Waals surface area contributed by atoms with E-state index in [2.05, 4.69) is 0 Å². The molecule has 0 amide bonds. The predicted octanol–water partition coefficient (Wildman–Crippen LogP) is 3.14. The first-order valence-corrected chi connectivity index (χ1v) is 7.20. The van der Waals surface area contributed by atoms with E-state index in [1.165, 1.54) is 0 Å². The van der Waals surface area contributed by atoms with Crippen molar-refractivity contribution < 1.29 is 19.0 Å². The van der Waals surface area contributed by atoms with E-state index in [1.54, 1.807) is 26.4 Å². The lowest BCUT2D eigenvalue weighted by molar-refractivity contribution is 0.0829. The van der Waals surface area contributed by atoms with Gasteiger partial charge in [-0.1, -0.05) is 30.3 Å². The molecule has 2 aromatic rings. The van der Waals surface area contributed by atoms with Gasteiger partial charge in [0.25, 0.3) is 0 Å². The van der Waals surface area contributed by atoms with Crippen LogP contribution in [0, 0.1) is 5.92 Å². The largest absolute Gasteiger partial charge is 0.493 e. The van der Waals surface area contributed by atoms with Crippen molar-refractivity contribution in [3.63, 3.8) is 0 Å². The molecular formula is C18H18O4. The normalized spacial score (nSPS) is 16.6. The summed E-state index contributed by atoms with van der Waals surface area (Å²) in [6, 6.07) is 13.4. The highest BCUT2D eigenvalue weighted by Crippen LogP contribution is 2.38. The monoisotopic (exact) mass is 298 g/mol. The number of methoxy groups -OCH3 is 2. The molecule has 2 aromatic carbocycles. The highest BCUT2D eigenvalue weighted by Gasteiger charge is 2.30. The zero-order valence-corrected chi connectivity index (χ0v) is 12.7. The van der Waals surface area contributed by atoms with E-state index in [-0.39, 0.29) is 11.7 Å². The van der Waals surface area contributed by atoms with Gasteiger partial charge in [0.1, 0.15) is 5.75 Å². The highest BCUT2D eigenvalue weighted by molar-refractivity contribution is 6.02. The molecule has 0 aromatic heterocycles. The minimum absolute atomic E-state index is 0.0889. The van der Waals surface area contributed by atoms with Crippen LogP contribution in [-0.4, -0.2) is 26.6 Å². The first kappa shape index (κ1) is 14.4. The molecule has 0 N–H and O–H groups in total. The minimum Gasteiger partial charge on any atom is -0.493 e. The van der Waals surface area contributed by atoms with Gasteiger partial charge in [-0.2, -0.15) is 0 Å². The maximum Gasteiger partial charge on any atom is 0.173 e. The van der Waals surface area contributed by atoms with E-state index in [0.29, 0.717) is 35.8 Å². The van der Waals surface area contributed by atoms with Crippen molar-refractivity contribution in [2.45, 2.75) is 6.42 Å². The van der Waals surface area contributed by atoms with Crippen molar-refractivity contribution in [3.05, 3.63) is 53.6 Å². The minimum atomic E-state index is -0.173. The Kier molecular flexibility index (Phi) is 4.00. The van der Waals surface area contributed by atoms with Crippen LogP contribution >= 0.6 is 0 Å². The molecule has 4 heteroatoms. The molecule has 4 nitrogen and oxygen atoms in total. The smallest absolute Gasteiger partial charge is 0.173 e. The Morgan fingerprint density at radius 2 is 1.77 bits per heavy atom. The molecule has 1 aliphatic heterocycles. The summed E-state index contributed by atoms with van der Waals surface area (Å²) in [7, 11) is 3.12. The SMILES string of the molecule is COc1cc2c(cc1OC)C(=O)C(Cc1ccccc1)CO2. The van der Waals surface area contributed by atoms with Crippen LogP contribution in [-0.2, 0) is 6.42 Å². The number of carbonyl (C=O) groups excluding carboxylic acids is 1. The van der Waals surface area contributed by atoms with Crippen molar-refractivity contribution in [3.8, 4) is 17.2 Å². The fraction of sp³-hybridized carbons (Fsp3) is 0.278. The Hall–Kier alpha value is -2.49. The number of hydrogen-bond donors (Lipinski definition) is 0. The lowest BCUT2D eigenvalue weighted by Gasteiger charge is -2.25. The molecule has 0 fully saturated rings. The number of benzene rings is 2. The van der Waals surface area contributed by atoms with Crippen molar-refractivity contribution >= 4 is 5.78 Å². The van der Waals surface area contributed by atoms with Gasteiger partial charge in [-0.05, 0) is 18.1 Å². The first-order valence-electron chi connectivity index (χ1n) is 7.20. The van der Waals surface area contributed by atoms with E-state index < -0.39 is 0 Å². The Morgan fingerprint density at radius 3 is 2.45 bits per heavy atom. The van der Waals surface area contributed by atoms with Crippen LogP contribution in [0.25, 0.3) is 0 Å². The van der Waals surface area contributed by atoms with Crippen molar-refractivity contribution in [1.82, 2.24) is 0 Å². The highest BCUT2D eigenvalue weighted by atomic mass is 16.5. The average molecular weight is 298 g/mol. The summed E-state index contributed by atoms with van der Waals surface area (Å²) in [6.07, 6.45) is 0.674. The summed E-state index contributed by atoms with van der Waals surface area (Å²) in [5, 5.41) is 0. The van der Waals surface area contributed by atoms with E-state index >= 15 is 0 Å². The van der Waals surface area contributed by atoms with Gasteiger partial charge < -0.3 is 14.2 Å². The molecule has 1 atom stereocenters. The van der Waals surface area contributed by atoms with Crippen molar-refractivity contribution in [1.29, 1.82) is 0 Å². The molecular weight excluding hydrogens is 280 g/mol. The second-order valence-corrected chi connectivity index (χ2v) is 5.27. The number of ketones is 1. The van der Waals surface area contributed by atoms with Crippen LogP contribution in [0.1, 0.15) is 15.9 Å². The lowest BCUT2D eigenvalue weighted by Crippen LogP contribution is -2.29. The Morgan fingerprint density at radius 1 is 1.09 bits per heavy atom. The quantitative estimate of drug-likeness (QED) is 0.870. The van der Waals surface area contributed by atoms with Crippen molar-refractivity contribution in [2.24, 2.45) is 5.92 Å². The van der Waals surface area contributed by atoms with Gasteiger partial charge in [-0.3, -0.25) is 4.79 Å². The predicted molar refractivity (Wildman–Crippen MR) is 83.0 cm³/mol. The van der Waals surface area contributed by atoms with Crippen LogP contribution in [0.2, 0.25) is 0 Å². The van der Waals surface area contributed by atoms with Gasteiger partial charge >= 0.3 is 0 Å². The van der Waals surface area contributed by atoms with E-state index in [4.69, 9.17) is 14.2 Å². The molecule has 114 valence electrons. The third-order valence-corrected chi connectivity index (χ3v) is 3.89. The summed E-state index contributed by atoms with van der Waals surface area (Å²) in [5.41, 5.74) is 1.69. The molecule has 1 heterocycles. The van der Waals surface area contributed by atoms with Gasteiger partial charge in [0.2, 0.25) is 0 Å². The third-order valence-electron chi connectivity index (χ3n) is 3.89. The van der Waals surface area contributed by atoms with Crippen LogP contribution in [0.5, 0.6) is 17.2 Å². The molecule has 0 radical (unpaired) electrons. The number of ether oxygens (including phenoxy) is 3. The molecule has 1 unspecified atom stereocenters. The summed E-state index contributed by atoms with van der Waals surface area (Å²) < 4.78 is 16.3. The number of rotatable bonds is 4. The van der Waals surface area contributed by atoms with E-state index in [1.807, 2.05) is 30.3 Å². The molecule has 0 spiro atoms. The van der Waals surface area contributed by atoms with Gasteiger partial charge in [0, 0.05) is 6.07 Å². The number of carbonyl (C=O) groups is 1. The van der Waals surface area contributed by atoms with Crippen molar-refractivity contribution in [2.75, 3.05) is 20.8 Å². The zero-order chi connectivity index (χ0) is 15.5. The molecule has 22 heavy (non-hydrogen) atoms. The standard InChI is InChI=1S/C18H18O4/c1-20-16-9-14-15(10-17(16)21-2)22-11-13(18(14)19)8-12-6-4-3-5-7-12/h3-7,9-10,13H,8,11H2,1-2H3. The molecule has 1 aliphatic rings. The van der Waals surface area contributed by atoms with E-state index in [0.717, 1.165) is 5.56 Å². The summed E-state index contributed by atoms with van der Waals surface area (Å²) in [5.74, 6) is 1.58. The Balaban J connectivity index is 1.88. The molecule has 0 saturated heterocycles. The fourth-order valence-corrected chi connectivity index (χ4v) is 2.71. The lowest BCUT2D eigenvalue weighted by atomic mass is 9.89. The Labute approximate surface area is 129 Å². The second-order valence-electron chi connectivity index (χ2n) is 5.27. The van der Waals surface area contributed by atoms with Crippen LogP contribution in [0.3, 0.4) is 0 Å².